The molecule has 1 heterocycles. The van der Waals surface area contributed by atoms with Crippen LogP contribution in [0.4, 0.5) is 5.69 Å². The Bertz CT molecular complexity index is 595. The number of primary amides is 2. The Hall–Kier alpha value is -2.08. The van der Waals surface area contributed by atoms with E-state index in [4.69, 9.17) is 11.5 Å². The molecule has 23 heavy (non-hydrogen) atoms. The summed E-state index contributed by atoms with van der Waals surface area (Å²) >= 11 is 0. The number of hydrogen-bond acceptors (Lipinski definition) is 4. The molecule has 0 spiro atoms. The van der Waals surface area contributed by atoms with Gasteiger partial charge in [-0.3, -0.25) is 14.5 Å². The number of likely N-dealkylation sites (tertiary alicyclic amines) is 1. The summed E-state index contributed by atoms with van der Waals surface area (Å²) in [5.74, 6) is -1.12. The number of rotatable bonds is 4. The van der Waals surface area contributed by atoms with E-state index < -0.39 is 11.8 Å². The van der Waals surface area contributed by atoms with E-state index in [1.54, 1.807) is 18.2 Å². The second kappa shape index (κ2) is 6.20. The monoisotopic (exact) mass is 318 g/mol. The van der Waals surface area contributed by atoms with Crippen molar-refractivity contribution in [1.82, 2.24) is 4.90 Å². The van der Waals surface area contributed by atoms with Crippen LogP contribution in [0.3, 0.4) is 0 Å². The highest BCUT2D eigenvalue weighted by Crippen LogP contribution is 2.35. The summed E-state index contributed by atoms with van der Waals surface area (Å²) in [6, 6.07) is 5.05. The molecule has 2 rings (SSSR count). The van der Waals surface area contributed by atoms with Crippen LogP contribution in [0.15, 0.2) is 18.2 Å². The molecular formula is C17H26N4O2. The van der Waals surface area contributed by atoms with Gasteiger partial charge < -0.3 is 16.4 Å². The van der Waals surface area contributed by atoms with Crippen LogP contribution in [0, 0.1) is 0 Å². The minimum absolute atomic E-state index is 0.104. The topological polar surface area (TPSA) is 92.7 Å². The van der Waals surface area contributed by atoms with Crippen LogP contribution in [0.1, 0.15) is 47.4 Å². The van der Waals surface area contributed by atoms with E-state index >= 15 is 0 Å². The van der Waals surface area contributed by atoms with Crippen LogP contribution < -0.4 is 16.4 Å². The van der Waals surface area contributed by atoms with Gasteiger partial charge in [0, 0.05) is 18.6 Å². The van der Waals surface area contributed by atoms with Gasteiger partial charge in [0.2, 0.25) is 0 Å². The quantitative estimate of drug-likeness (QED) is 0.872. The number of piperidine rings is 1. The molecule has 0 aromatic heterocycles. The van der Waals surface area contributed by atoms with Crippen LogP contribution in [-0.4, -0.2) is 48.9 Å². The molecule has 1 unspecified atom stereocenters. The molecule has 126 valence electrons. The Morgan fingerprint density at radius 2 is 1.74 bits per heavy atom. The number of para-hydroxylation sites is 1. The van der Waals surface area contributed by atoms with Gasteiger partial charge in [0.25, 0.3) is 11.8 Å². The molecule has 1 atom stereocenters. The van der Waals surface area contributed by atoms with Crippen molar-refractivity contribution in [3.63, 3.8) is 0 Å². The van der Waals surface area contributed by atoms with E-state index in [-0.39, 0.29) is 11.6 Å². The van der Waals surface area contributed by atoms with E-state index in [0.29, 0.717) is 16.8 Å². The molecule has 6 nitrogen and oxygen atoms in total. The predicted octanol–water partition coefficient (Wildman–Crippen LogP) is 1.19. The molecule has 1 fully saturated rings. The van der Waals surface area contributed by atoms with Gasteiger partial charge in [-0.15, -0.1) is 0 Å². The van der Waals surface area contributed by atoms with Crippen molar-refractivity contribution in [1.29, 1.82) is 0 Å². The van der Waals surface area contributed by atoms with Crippen molar-refractivity contribution in [3.05, 3.63) is 29.3 Å². The molecule has 1 saturated heterocycles. The Balaban J connectivity index is 2.56. The van der Waals surface area contributed by atoms with Gasteiger partial charge in [0.15, 0.2) is 0 Å². The molecular weight excluding hydrogens is 292 g/mol. The van der Waals surface area contributed by atoms with Crippen molar-refractivity contribution in [2.45, 2.75) is 38.3 Å². The third-order valence-corrected chi connectivity index (χ3v) is 5.16. The fraction of sp³-hybridized carbons (Fsp3) is 0.529. The van der Waals surface area contributed by atoms with Crippen molar-refractivity contribution in [2.24, 2.45) is 11.5 Å². The zero-order valence-electron chi connectivity index (χ0n) is 14.3. The maximum absolute atomic E-state index is 11.8. The first kappa shape index (κ1) is 17.3. The van der Waals surface area contributed by atoms with E-state index in [9.17, 15) is 9.59 Å². The molecule has 4 N–H and O–H groups in total. The SMILES string of the molecule is CN(c1c(C(N)=O)cccc1C(N)=O)C1CCCN(C)C1(C)C. The lowest BCUT2D eigenvalue weighted by molar-refractivity contribution is 0.0824. The lowest BCUT2D eigenvalue weighted by Crippen LogP contribution is -2.60. The smallest absolute Gasteiger partial charge is 0.250 e. The maximum atomic E-state index is 11.8. The molecule has 1 aromatic rings. The number of carbonyl (C=O) groups excluding carboxylic acids is 2. The lowest BCUT2D eigenvalue weighted by Gasteiger charge is -2.50. The minimum Gasteiger partial charge on any atom is -0.368 e. The van der Waals surface area contributed by atoms with Gasteiger partial charge in [-0.05, 0) is 52.4 Å². The number of hydrogen-bond donors (Lipinski definition) is 2. The van der Waals surface area contributed by atoms with Crippen molar-refractivity contribution >= 4 is 17.5 Å². The third kappa shape index (κ3) is 3.03. The predicted molar refractivity (Wildman–Crippen MR) is 91.6 cm³/mol. The van der Waals surface area contributed by atoms with Crippen LogP contribution >= 0.6 is 0 Å². The van der Waals surface area contributed by atoms with E-state index in [1.165, 1.54) is 0 Å². The summed E-state index contributed by atoms with van der Waals surface area (Å²) < 4.78 is 0. The summed E-state index contributed by atoms with van der Waals surface area (Å²) in [6.07, 6.45) is 2.03. The Morgan fingerprint density at radius 1 is 1.22 bits per heavy atom. The summed E-state index contributed by atoms with van der Waals surface area (Å²) in [7, 11) is 3.99. The first-order valence-corrected chi connectivity index (χ1v) is 7.84. The number of carbonyl (C=O) groups is 2. The summed E-state index contributed by atoms with van der Waals surface area (Å²) in [5.41, 5.74) is 12.1. The number of benzene rings is 1. The molecule has 0 saturated carbocycles. The molecule has 1 aliphatic rings. The number of amides is 2. The van der Waals surface area contributed by atoms with Gasteiger partial charge in [0.1, 0.15) is 0 Å². The van der Waals surface area contributed by atoms with Gasteiger partial charge in [-0.1, -0.05) is 6.07 Å². The highest BCUT2D eigenvalue weighted by molar-refractivity contribution is 6.07. The van der Waals surface area contributed by atoms with Crippen molar-refractivity contribution in [3.8, 4) is 0 Å². The number of anilines is 1. The summed E-state index contributed by atoms with van der Waals surface area (Å²) in [4.78, 5) is 28.0. The second-order valence-electron chi connectivity index (χ2n) is 6.77. The average Bonchev–Trinajstić information content (AvgIpc) is 2.48. The summed E-state index contributed by atoms with van der Waals surface area (Å²) in [6.45, 7) is 5.37. The van der Waals surface area contributed by atoms with Crippen LogP contribution in [0.25, 0.3) is 0 Å². The largest absolute Gasteiger partial charge is 0.368 e. The zero-order valence-corrected chi connectivity index (χ0v) is 14.3. The lowest BCUT2D eigenvalue weighted by atomic mass is 9.83. The minimum atomic E-state index is -0.558. The standard InChI is InChI=1S/C17H26N4O2/c1-17(2)13(9-6-10-20(17)3)21(4)14-11(15(18)22)7-5-8-12(14)16(19)23/h5,7-8,13H,6,9-10H2,1-4H3,(H2,18,22)(H2,19,23). The fourth-order valence-electron chi connectivity index (χ4n) is 3.56. The van der Waals surface area contributed by atoms with Gasteiger partial charge in [-0.2, -0.15) is 0 Å². The molecule has 1 aromatic carbocycles. The number of likely N-dealkylation sites (N-methyl/N-ethyl adjacent to an activating group) is 2. The Kier molecular flexibility index (Phi) is 4.66. The first-order chi connectivity index (χ1) is 10.7. The maximum Gasteiger partial charge on any atom is 0.250 e. The highest BCUT2D eigenvalue weighted by Gasteiger charge is 2.40. The molecule has 0 radical (unpaired) electrons. The van der Waals surface area contributed by atoms with Crippen LogP contribution in [0.2, 0.25) is 0 Å². The zero-order chi connectivity index (χ0) is 17.4. The number of nitrogens with two attached hydrogens (primary N) is 2. The number of nitrogens with zero attached hydrogens (tertiary/aromatic N) is 2. The van der Waals surface area contributed by atoms with Gasteiger partial charge >= 0.3 is 0 Å². The van der Waals surface area contributed by atoms with E-state index in [1.807, 2.05) is 11.9 Å². The van der Waals surface area contributed by atoms with E-state index in [0.717, 1.165) is 19.4 Å². The van der Waals surface area contributed by atoms with Crippen molar-refractivity contribution < 1.29 is 9.59 Å². The first-order valence-electron chi connectivity index (χ1n) is 7.84. The Labute approximate surface area is 137 Å². The van der Waals surface area contributed by atoms with Crippen molar-refractivity contribution in [2.75, 3.05) is 25.5 Å². The molecule has 0 aliphatic carbocycles. The third-order valence-electron chi connectivity index (χ3n) is 5.16. The second-order valence-corrected chi connectivity index (χ2v) is 6.77. The van der Waals surface area contributed by atoms with E-state index in [2.05, 4.69) is 25.8 Å². The molecule has 0 bridgehead atoms. The van der Waals surface area contributed by atoms with Crippen LogP contribution in [-0.2, 0) is 0 Å². The molecule has 1 aliphatic heterocycles. The normalized spacial score (nSPS) is 21.0. The highest BCUT2D eigenvalue weighted by atomic mass is 16.1. The molecule has 2 amide bonds. The van der Waals surface area contributed by atoms with Gasteiger partial charge in [-0.25, -0.2) is 0 Å². The van der Waals surface area contributed by atoms with Gasteiger partial charge in [0.05, 0.1) is 16.8 Å². The van der Waals surface area contributed by atoms with Crippen LogP contribution in [0.5, 0.6) is 0 Å². The average molecular weight is 318 g/mol. The Morgan fingerprint density at radius 3 is 2.22 bits per heavy atom. The summed E-state index contributed by atoms with van der Waals surface area (Å²) in [5, 5.41) is 0. The fourth-order valence-corrected chi connectivity index (χ4v) is 3.56. The molecule has 6 heteroatoms.